The number of unbranched alkanes of at least 4 members (excludes halogenated alkanes) is 2. The number of aldehydes is 1. The molecule has 0 spiro atoms. The lowest BCUT2D eigenvalue weighted by Gasteiger charge is -2.21. The summed E-state index contributed by atoms with van der Waals surface area (Å²) in [6.45, 7) is 12.5. The van der Waals surface area contributed by atoms with Crippen molar-refractivity contribution in [3.8, 4) is 11.5 Å². The Balaban J connectivity index is 1.91. The lowest BCUT2D eigenvalue weighted by Crippen LogP contribution is -2.26. The molecule has 0 N–H and O–H groups in total. The average Bonchev–Trinajstić information content (AvgIpc) is 3.22. The lowest BCUT2D eigenvalue weighted by molar-refractivity contribution is -0.107. The molecule has 0 atom stereocenters. The SMILES string of the molecule is C=C(C)c1cc(C(=O)N2Cc3ccc(CC=O)cc3C2)c(OCCCC)cc1OCCCC. The minimum atomic E-state index is -0.0720. The number of ether oxygens (including phenoxy) is 2. The van der Waals surface area contributed by atoms with Gasteiger partial charge in [0.15, 0.2) is 0 Å². The molecule has 1 aliphatic heterocycles. The van der Waals surface area contributed by atoms with Gasteiger partial charge in [0.05, 0.1) is 18.8 Å². The Morgan fingerprint density at radius 2 is 1.61 bits per heavy atom. The van der Waals surface area contributed by atoms with Crippen molar-refractivity contribution in [3.05, 3.63) is 64.7 Å². The van der Waals surface area contributed by atoms with Crippen LogP contribution in [0.4, 0.5) is 0 Å². The summed E-state index contributed by atoms with van der Waals surface area (Å²) in [6.07, 6.45) is 5.22. The monoisotopic (exact) mass is 449 g/mol. The normalized spacial score (nSPS) is 12.4. The molecular formula is C28H35NO4. The van der Waals surface area contributed by atoms with Crippen LogP contribution in [0.5, 0.6) is 11.5 Å². The molecular weight excluding hydrogens is 414 g/mol. The fourth-order valence-corrected chi connectivity index (χ4v) is 3.94. The molecule has 0 saturated heterocycles. The van der Waals surface area contributed by atoms with Crippen molar-refractivity contribution < 1.29 is 19.1 Å². The Kier molecular flexibility index (Phi) is 8.70. The van der Waals surface area contributed by atoms with Gasteiger partial charge in [-0.1, -0.05) is 51.5 Å². The second kappa shape index (κ2) is 11.7. The molecule has 0 aliphatic carbocycles. The second-order valence-electron chi connectivity index (χ2n) is 8.66. The third-order valence-electron chi connectivity index (χ3n) is 5.88. The van der Waals surface area contributed by atoms with E-state index in [1.807, 2.05) is 42.2 Å². The van der Waals surface area contributed by atoms with Crippen LogP contribution in [0.1, 0.15) is 79.1 Å². The summed E-state index contributed by atoms with van der Waals surface area (Å²) in [5.74, 6) is 1.20. The van der Waals surface area contributed by atoms with Crippen molar-refractivity contribution in [2.45, 2.75) is 66.0 Å². The van der Waals surface area contributed by atoms with Gasteiger partial charge >= 0.3 is 0 Å². The van der Waals surface area contributed by atoms with E-state index in [0.717, 1.165) is 59.8 Å². The quantitative estimate of drug-likeness (QED) is 0.296. The van der Waals surface area contributed by atoms with Crippen LogP contribution in [-0.2, 0) is 24.3 Å². The Labute approximate surface area is 197 Å². The first-order valence-corrected chi connectivity index (χ1v) is 11.9. The maximum Gasteiger partial charge on any atom is 0.258 e. The van der Waals surface area contributed by atoms with Crippen LogP contribution in [0.15, 0.2) is 36.9 Å². The highest BCUT2D eigenvalue weighted by molar-refractivity contribution is 5.98. The highest BCUT2D eigenvalue weighted by atomic mass is 16.5. The number of nitrogens with zero attached hydrogens (tertiary/aromatic N) is 1. The van der Waals surface area contributed by atoms with E-state index in [4.69, 9.17) is 9.47 Å². The summed E-state index contributed by atoms with van der Waals surface area (Å²) in [4.78, 5) is 26.4. The Bertz CT molecular complexity index is 1010. The van der Waals surface area contributed by atoms with Gasteiger partial charge < -0.3 is 19.2 Å². The largest absolute Gasteiger partial charge is 0.493 e. The highest BCUT2D eigenvalue weighted by Gasteiger charge is 2.28. The fourth-order valence-electron chi connectivity index (χ4n) is 3.94. The molecule has 3 rings (SSSR count). The first kappa shape index (κ1) is 24.6. The minimum absolute atomic E-state index is 0.0720. The lowest BCUT2D eigenvalue weighted by atomic mass is 10.0. The van der Waals surface area contributed by atoms with Gasteiger partial charge in [-0.15, -0.1) is 0 Å². The van der Waals surface area contributed by atoms with E-state index < -0.39 is 0 Å². The summed E-state index contributed by atoms with van der Waals surface area (Å²) in [5, 5.41) is 0. The molecule has 0 unspecified atom stereocenters. The van der Waals surface area contributed by atoms with Gasteiger partial charge in [0, 0.05) is 31.1 Å². The summed E-state index contributed by atoms with van der Waals surface area (Å²) >= 11 is 0. The maximum atomic E-state index is 13.6. The van der Waals surface area contributed by atoms with E-state index in [1.54, 1.807) is 0 Å². The van der Waals surface area contributed by atoms with E-state index >= 15 is 0 Å². The molecule has 0 radical (unpaired) electrons. The predicted molar refractivity (Wildman–Crippen MR) is 132 cm³/mol. The number of benzene rings is 2. The summed E-state index contributed by atoms with van der Waals surface area (Å²) in [5.41, 5.74) is 5.40. The van der Waals surface area contributed by atoms with Gasteiger partial charge in [0.1, 0.15) is 17.8 Å². The van der Waals surface area contributed by atoms with E-state index in [-0.39, 0.29) is 5.91 Å². The van der Waals surface area contributed by atoms with Gasteiger partial charge in [0.25, 0.3) is 5.91 Å². The van der Waals surface area contributed by atoms with Crippen LogP contribution < -0.4 is 9.47 Å². The third kappa shape index (κ3) is 6.04. The molecule has 0 saturated carbocycles. The van der Waals surface area contributed by atoms with Gasteiger partial charge in [-0.3, -0.25) is 4.79 Å². The molecule has 176 valence electrons. The van der Waals surface area contributed by atoms with E-state index in [2.05, 4.69) is 20.4 Å². The molecule has 0 bridgehead atoms. The Morgan fingerprint density at radius 3 is 2.21 bits per heavy atom. The Hall–Kier alpha value is -3.08. The number of carbonyl (C=O) groups is 2. The average molecular weight is 450 g/mol. The minimum Gasteiger partial charge on any atom is -0.493 e. The number of fused-ring (bicyclic) bond motifs is 1. The van der Waals surface area contributed by atoms with Crippen molar-refractivity contribution in [2.75, 3.05) is 13.2 Å². The van der Waals surface area contributed by atoms with Crippen LogP contribution in [0.25, 0.3) is 5.57 Å². The number of carbonyl (C=O) groups excluding carboxylic acids is 2. The standard InChI is InChI=1S/C28H35NO4/c1-5-7-13-32-26-17-27(33-14-8-6-2)25(16-24(26)20(3)4)28(31)29-18-22-10-9-21(11-12-30)15-23(22)19-29/h9-10,12,15-17H,3,5-8,11,13-14,18-19H2,1-2,4H3. The van der Waals surface area contributed by atoms with Crippen LogP contribution in [0, 0.1) is 0 Å². The zero-order valence-electron chi connectivity index (χ0n) is 20.1. The zero-order valence-corrected chi connectivity index (χ0v) is 20.1. The highest BCUT2D eigenvalue weighted by Crippen LogP contribution is 2.36. The molecule has 0 aromatic heterocycles. The van der Waals surface area contributed by atoms with Crippen molar-refractivity contribution in [3.63, 3.8) is 0 Å². The van der Waals surface area contributed by atoms with Gasteiger partial charge in [0.2, 0.25) is 0 Å². The first-order chi connectivity index (χ1) is 16.0. The van der Waals surface area contributed by atoms with Gasteiger partial charge in [-0.25, -0.2) is 0 Å². The zero-order chi connectivity index (χ0) is 23.8. The van der Waals surface area contributed by atoms with Crippen molar-refractivity contribution in [1.29, 1.82) is 0 Å². The number of amides is 1. The molecule has 5 heteroatoms. The number of hydrogen-bond donors (Lipinski definition) is 0. The topological polar surface area (TPSA) is 55.8 Å². The first-order valence-electron chi connectivity index (χ1n) is 11.9. The van der Waals surface area contributed by atoms with E-state index in [0.29, 0.717) is 49.8 Å². The van der Waals surface area contributed by atoms with Gasteiger partial charge in [-0.05, 0) is 48.1 Å². The van der Waals surface area contributed by atoms with Crippen molar-refractivity contribution in [2.24, 2.45) is 0 Å². The smallest absolute Gasteiger partial charge is 0.258 e. The number of rotatable bonds is 12. The molecule has 0 fully saturated rings. The molecule has 2 aromatic rings. The molecule has 2 aromatic carbocycles. The van der Waals surface area contributed by atoms with E-state index in [9.17, 15) is 9.59 Å². The summed E-state index contributed by atoms with van der Waals surface area (Å²) < 4.78 is 12.1. The van der Waals surface area contributed by atoms with Crippen LogP contribution in [0.3, 0.4) is 0 Å². The maximum absolute atomic E-state index is 13.6. The molecule has 1 amide bonds. The fraction of sp³-hybridized carbons (Fsp3) is 0.429. The van der Waals surface area contributed by atoms with Gasteiger partial charge in [-0.2, -0.15) is 0 Å². The number of allylic oxidation sites excluding steroid dienone is 1. The molecule has 1 heterocycles. The van der Waals surface area contributed by atoms with Crippen LogP contribution in [0.2, 0.25) is 0 Å². The predicted octanol–water partition coefficient (Wildman–Crippen LogP) is 5.97. The summed E-state index contributed by atoms with van der Waals surface area (Å²) in [7, 11) is 0. The number of hydrogen-bond acceptors (Lipinski definition) is 4. The van der Waals surface area contributed by atoms with E-state index in [1.165, 1.54) is 0 Å². The van der Waals surface area contributed by atoms with Crippen molar-refractivity contribution in [1.82, 2.24) is 4.90 Å². The van der Waals surface area contributed by atoms with Crippen molar-refractivity contribution >= 4 is 17.8 Å². The Morgan fingerprint density at radius 1 is 0.970 bits per heavy atom. The van der Waals surface area contributed by atoms with Crippen LogP contribution >= 0.6 is 0 Å². The molecule has 5 nitrogen and oxygen atoms in total. The molecule has 1 aliphatic rings. The van der Waals surface area contributed by atoms with Crippen LogP contribution in [-0.4, -0.2) is 30.3 Å². The summed E-state index contributed by atoms with van der Waals surface area (Å²) in [6, 6.07) is 9.73. The molecule has 33 heavy (non-hydrogen) atoms. The third-order valence-corrected chi connectivity index (χ3v) is 5.88. The second-order valence-corrected chi connectivity index (χ2v) is 8.66.